The summed E-state index contributed by atoms with van der Waals surface area (Å²) in [6.07, 6.45) is -2.94. The van der Waals surface area contributed by atoms with Crippen molar-refractivity contribution >= 4 is 5.69 Å². The van der Waals surface area contributed by atoms with Gasteiger partial charge < -0.3 is 10.5 Å². The topological polar surface area (TPSA) is 53.1 Å². The molecule has 3 rings (SSSR count). The zero-order valence-electron chi connectivity index (χ0n) is 9.74. The van der Waals surface area contributed by atoms with Crippen molar-refractivity contribution in [2.24, 2.45) is 0 Å². The molecule has 1 aliphatic heterocycles. The van der Waals surface area contributed by atoms with Crippen LogP contribution in [0.3, 0.4) is 0 Å². The van der Waals surface area contributed by atoms with E-state index < -0.39 is 12.7 Å². The Labute approximate surface area is 106 Å². The maximum absolute atomic E-state index is 12.4. The number of ether oxygens (including phenoxy) is 1. The van der Waals surface area contributed by atoms with Gasteiger partial charge in [0.05, 0.1) is 0 Å². The Bertz CT molecular complexity index is 634. The van der Waals surface area contributed by atoms with Gasteiger partial charge in [-0.05, 0) is 18.2 Å². The minimum atomic E-state index is -4.30. The fourth-order valence-electron chi connectivity index (χ4n) is 2.07. The summed E-state index contributed by atoms with van der Waals surface area (Å²) in [5.41, 5.74) is 7.94. The van der Waals surface area contributed by atoms with Crippen molar-refractivity contribution in [3.05, 3.63) is 30.0 Å². The third-order valence-corrected chi connectivity index (χ3v) is 2.82. The highest BCUT2D eigenvalue weighted by Crippen LogP contribution is 2.37. The molecule has 1 aromatic carbocycles. The van der Waals surface area contributed by atoms with Crippen LogP contribution in [0.15, 0.2) is 24.4 Å². The van der Waals surface area contributed by atoms with Gasteiger partial charge in [0.2, 0.25) is 0 Å². The molecule has 0 amide bonds. The van der Waals surface area contributed by atoms with Crippen LogP contribution in [0.2, 0.25) is 0 Å². The minimum absolute atomic E-state index is 0.212. The molecular formula is C12H10F3N3O. The second kappa shape index (κ2) is 3.91. The smallest absolute Gasteiger partial charge is 0.408 e. The summed E-state index contributed by atoms with van der Waals surface area (Å²) in [6, 6.07) is 5.02. The normalized spacial score (nSPS) is 13.6. The number of alkyl halides is 3. The fraction of sp³-hybridized carbons (Fsp3) is 0.250. The Kier molecular flexibility index (Phi) is 2.44. The van der Waals surface area contributed by atoms with E-state index in [-0.39, 0.29) is 6.61 Å². The van der Waals surface area contributed by atoms with Gasteiger partial charge in [-0.1, -0.05) is 0 Å². The van der Waals surface area contributed by atoms with E-state index in [2.05, 4.69) is 5.10 Å². The summed E-state index contributed by atoms with van der Waals surface area (Å²) < 4.78 is 43.4. The molecule has 100 valence electrons. The average Bonchev–Trinajstić information content (AvgIpc) is 2.69. The van der Waals surface area contributed by atoms with Crippen molar-refractivity contribution in [3.63, 3.8) is 0 Å². The Morgan fingerprint density at radius 1 is 1.37 bits per heavy atom. The van der Waals surface area contributed by atoms with Gasteiger partial charge in [-0.2, -0.15) is 18.3 Å². The molecule has 19 heavy (non-hydrogen) atoms. The van der Waals surface area contributed by atoms with E-state index in [9.17, 15) is 13.2 Å². The summed E-state index contributed by atoms with van der Waals surface area (Å²) in [4.78, 5) is 0. The molecule has 0 radical (unpaired) electrons. The Morgan fingerprint density at radius 2 is 2.16 bits per heavy atom. The standard InChI is InChI=1S/C12H10F3N3O/c13-12(14,15)6-18-4-7-5-19-10-2-1-8(16)3-9(10)11(7)17-18/h1-4H,5-6,16H2. The highest BCUT2D eigenvalue weighted by Gasteiger charge is 2.30. The zero-order valence-corrected chi connectivity index (χ0v) is 9.74. The molecule has 0 saturated heterocycles. The number of halogens is 3. The molecule has 0 aliphatic carbocycles. The van der Waals surface area contributed by atoms with Crippen LogP contribution in [0.1, 0.15) is 5.56 Å². The van der Waals surface area contributed by atoms with Gasteiger partial charge in [0.15, 0.2) is 0 Å². The average molecular weight is 269 g/mol. The van der Waals surface area contributed by atoms with Crippen LogP contribution >= 0.6 is 0 Å². The molecule has 0 unspecified atom stereocenters. The first-order chi connectivity index (χ1) is 8.92. The number of hydrogen-bond acceptors (Lipinski definition) is 3. The van der Waals surface area contributed by atoms with Crippen LogP contribution < -0.4 is 10.5 Å². The Balaban J connectivity index is 2.04. The van der Waals surface area contributed by atoms with Gasteiger partial charge in [0.25, 0.3) is 0 Å². The van der Waals surface area contributed by atoms with E-state index in [4.69, 9.17) is 10.5 Å². The summed E-state index contributed by atoms with van der Waals surface area (Å²) in [7, 11) is 0. The van der Waals surface area contributed by atoms with Gasteiger partial charge in [0.1, 0.15) is 24.6 Å². The first-order valence-corrected chi connectivity index (χ1v) is 5.58. The predicted octanol–water partition coefficient (Wildman–Crippen LogP) is 2.59. The monoisotopic (exact) mass is 269 g/mol. The molecule has 1 aliphatic rings. The Hall–Kier alpha value is -2.18. The van der Waals surface area contributed by atoms with E-state index in [0.717, 1.165) is 4.68 Å². The number of rotatable bonds is 1. The van der Waals surface area contributed by atoms with Crippen molar-refractivity contribution in [2.75, 3.05) is 5.73 Å². The van der Waals surface area contributed by atoms with Gasteiger partial charge in [-0.3, -0.25) is 4.68 Å². The van der Waals surface area contributed by atoms with Crippen molar-refractivity contribution in [2.45, 2.75) is 19.3 Å². The van der Waals surface area contributed by atoms with E-state index >= 15 is 0 Å². The molecule has 0 atom stereocenters. The number of nitrogens with two attached hydrogens (primary N) is 1. The molecule has 7 heteroatoms. The number of benzene rings is 1. The molecule has 0 fully saturated rings. The zero-order chi connectivity index (χ0) is 13.6. The quantitative estimate of drug-likeness (QED) is 0.809. The van der Waals surface area contributed by atoms with Crippen molar-refractivity contribution in [3.8, 4) is 17.0 Å². The predicted molar refractivity (Wildman–Crippen MR) is 62.5 cm³/mol. The highest BCUT2D eigenvalue weighted by atomic mass is 19.4. The SMILES string of the molecule is Nc1ccc2c(c1)-c1nn(CC(F)(F)F)cc1CO2. The van der Waals surface area contributed by atoms with Crippen LogP contribution in [0, 0.1) is 0 Å². The van der Waals surface area contributed by atoms with E-state index in [1.165, 1.54) is 6.20 Å². The molecule has 2 heterocycles. The highest BCUT2D eigenvalue weighted by molar-refractivity contribution is 5.74. The van der Waals surface area contributed by atoms with Crippen LogP contribution in [0.5, 0.6) is 5.75 Å². The lowest BCUT2D eigenvalue weighted by molar-refractivity contribution is -0.142. The van der Waals surface area contributed by atoms with Gasteiger partial charge >= 0.3 is 6.18 Å². The molecule has 0 bridgehead atoms. The maximum Gasteiger partial charge on any atom is 0.408 e. The largest absolute Gasteiger partial charge is 0.488 e. The Morgan fingerprint density at radius 3 is 2.89 bits per heavy atom. The number of anilines is 1. The maximum atomic E-state index is 12.4. The first kappa shape index (κ1) is 11.9. The van der Waals surface area contributed by atoms with Crippen LogP contribution in [0.4, 0.5) is 18.9 Å². The van der Waals surface area contributed by atoms with Gasteiger partial charge in [-0.25, -0.2) is 0 Å². The lowest BCUT2D eigenvalue weighted by Gasteiger charge is -2.16. The summed E-state index contributed by atoms with van der Waals surface area (Å²) in [6.45, 7) is -0.901. The van der Waals surface area contributed by atoms with Crippen molar-refractivity contribution < 1.29 is 17.9 Å². The number of aromatic nitrogens is 2. The third-order valence-electron chi connectivity index (χ3n) is 2.82. The number of fused-ring (bicyclic) bond motifs is 3. The van der Waals surface area contributed by atoms with Crippen molar-refractivity contribution in [1.29, 1.82) is 0 Å². The van der Waals surface area contributed by atoms with Crippen LogP contribution in [-0.2, 0) is 13.2 Å². The lowest BCUT2D eigenvalue weighted by Crippen LogP contribution is -2.17. The summed E-state index contributed by atoms with van der Waals surface area (Å²) in [5.74, 6) is 0.582. The van der Waals surface area contributed by atoms with Crippen LogP contribution in [-0.4, -0.2) is 16.0 Å². The molecule has 0 saturated carbocycles. The number of nitrogens with zero attached hydrogens (tertiary/aromatic N) is 2. The minimum Gasteiger partial charge on any atom is -0.488 e. The second-order valence-corrected chi connectivity index (χ2v) is 4.36. The van der Waals surface area contributed by atoms with E-state index in [0.29, 0.717) is 28.3 Å². The fourth-order valence-corrected chi connectivity index (χ4v) is 2.07. The summed E-state index contributed by atoms with van der Waals surface area (Å²) in [5, 5.41) is 3.98. The van der Waals surface area contributed by atoms with Crippen molar-refractivity contribution in [1.82, 2.24) is 9.78 Å². The lowest BCUT2D eigenvalue weighted by atomic mass is 10.0. The molecule has 4 nitrogen and oxygen atoms in total. The van der Waals surface area contributed by atoms with E-state index in [1.807, 2.05) is 0 Å². The number of nitrogen functional groups attached to an aromatic ring is 1. The van der Waals surface area contributed by atoms with Gasteiger partial charge in [-0.15, -0.1) is 0 Å². The second-order valence-electron chi connectivity index (χ2n) is 4.36. The third kappa shape index (κ3) is 2.23. The molecule has 1 aromatic heterocycles. The molecule has 2 aromatic rings. The molecule has 0 spiro atoms. The van der Waals surface area contributed by atoms with Crippen LogP contribution in [0.25, 0.3) is 11.3 Å². The summed E-state index contributed by atoms with van der Waals surface area (Å²) >= 11 is 0. The number of hydrogen-bond donors (Lipinski definition) is 1. The van der Waals surface area contributed by atoms with Gasteiger partial charge in [0, 0.05) is 23.0 Å². The first-order valence-electron chi connectivity index (χ1n) is 5.58. The molecule has 2 N–H and O–H groups in total. The molecular weight excluding hydrogens is 259 g/mol. The van der Waals surface area contributed by atoms with E-state index in [1.54, 1.807) is 18.2 Å².